The molecule has 2 aliphatic heterocycles. The second-order valence-electron chi connectivity index (χ2n) is 8.90. The molecule has 31 heavy (non-hydrogen) atoms. The summed E-state index contributed by atoms with van der Waals surface area (Å²) in [7, 11) is 0. The zero-order valence-electron chi connectivity index (χ0n) is 17.9. The maximum atomic E-state index is 13.0. The molecule has 5 heteroatoms. The summed E-state index contributed by atoms with van der Waals surface area (Å²) in [5, 5.41) is 3.16. The van der Waals surface area contributed by atoms with Gasteiger partial charge in [-0.2, -0.15) is 0 Å². The minimum atomic E-state index is -0.358. The number of Topliss-reactive ketones (excluding diaryl/α,β-unsaturated/α-hetero) is 1. The molecule has 4 rings (SSSR count). The Bertz CT molecular complexity index is 928. The van der Waals surface area contributed by atoms with E-state index in [1.165, 1.54) is 5.56 Å². The Balaban J connectivity index is 1.37. The molecule has 0 saturated carbocycles. The Hall–Kier alpha value is -2.95. The smallest absolute Gasteiger partial charge is 0.222 e. The van der Waals surface area contributed by atoms with E-state index in [4.69, 9.17) is 0 Å². The lowest BCUT2D eigenvalue weighted by Gasteiger charge is -2.34. The van der Waals surface area contributed by atoms with Gasteiger partial charge in [-0.15, -0.1) is 0 Å². The van der Waals surface area contributed by atoms with Gasteiger partial charge in [-0.25, -0.2) is 0 Å². The van der Waals surface area contributed by atoms with E-state index in [-0.39, 0.29) is 29.1 Å². The number of ketones is 1. The number of nitrogens with one attached hydrogen (secondary N) is 1. The first-order valence-corrected chi connectivity index (χ1v) is 11.3. The van der Waals surface area contributed by atoms with E-state index in [1.807, 2.05) is 53.4 Å². The van der Waals surface area contributed by atoms with Gasteiger partial charge >= 0.3 is 0 Å². The summed E-state index contributed by atoms with van der Waals surface area (Å²) in [6.45, 7) is 1.19. The molecule has 0 bridgehead atoms. The number of rotatable bonds is 7. The molecule has 2 fully saturated rings. The first-order chi connectivity index (χ1) is 15.0. The van der Waals surface area contributed by atoms with Crippen LogP contribution in [0.4, 0.5) is 0 Å². The van der Waals surface area contributed by atoms with Gasteiger partial charge in [0.25, 0.3) is 0 Å². The Morgan fingerprint density at radius 1 is 1.03 bits per heavy atom. The Labute approximate surface area is 183 Å². The average molecular weight is 419 g/mol. The molecular weight excluding hydrogens is 388 g/mol. The molecule has 2 saturated heterocycles. The van der Waals surface area contributed by atoms with Crippen LogP contribution in [0.2, 0.25) is 0 Å². The SMILES string of the molecule is O=C1CCC(CCC(=O)N2CCCC(C(=O)c3ccccc3)C2)(Cc2ccccc2)N1. The van der Waals surface area contributed by atoms with Crippen LogP contribution in [0.1, 0.15) is 54.4 Å². The van der Waals surface area contributed by atoms with Crippen molar-refractivity contribution in [3.8, 4) is 0 Å². The van der Waals surface area contributed by atoms with Crippen LogP contribution in [-0.4, -0.2) is 41.1 Å². The van der Waals surface area contributed by atoms with Gasteiger partial charge in [0.05, 0.1) is 0 Å². The largest absolute Gasteiger partial charge is 0.350 e. The average Bonchev–Trinajstić information content (AvgIpc) is 3.18. The summed E-state index contributed by atoms with van der Waals surface area (Å²) in [6, 6.07) is 19.5. The number of carbonyl (C=O) groups excluding carboxylic acids is 3. The van der Waals surface area contributed by atoms with E-state index in [0.717, 1.165) is 31.2 Å². The maximum Gasteiger partial charge on any atom is 0.222 e. The van der Waals surface area contributed by atoms with Crippen molar-refractivity contribution in [2.45, 2.75) is 50.5 Å². The van der Waals surface area contributed by atoms with Crippen LogP contribution in [0, 0.1) is 5.92 Å². The summed E-state index contributed by atoms with van der Waals surface area (Å²) in [5.74, 6) is 0.139. The summed E-state index contributed by atoms with van der Waals surface area (Å²) in [5.41, 5.74) is 1.53. The normalized spacial score (nSPS) is 23.4. The molecule has 5 nitrogen and oxygen atoms in total. The molecule has 0 radical (unpaired) electrons. The maximum absolute atomic E-state index is 13.0. The second-order valence-corrected chi connectivity index (χ2v) is 8.90. The molecule has 0 spiro atoms. The number of likely N-dealkylation sites (tertiary alicyclic amines) is 1. The number of amides is 2. The molecule has 2 unspecified atom stereocenters. The van der Waals surface area contributed by atoms with Gasteiger partial charge in [-0.1, -0.05) is 60.7 Å². The van der Waals surface area contributed by atoms with Gasteiger partial charge in [-0.3, -0.25) is 14.4 Å². The molecule has 1 N–H and O–H groups in total. The number of hydrogen-bond donors (Lipinski definition) is 1. The van der Waals surface area contributed by atoms with Crippen molar-refractivity contribution in [1.82, 2.24) is 10.2 Å². The van der Waals surface area contributed by atoms with Crippen LogP contribution < -0.4 is 5.32 Å². The van der Waals surface area contributed by atoms with Gasteiger partial charge < -0.3 is 10.2 Å². The standard InChI is InChI=1S/C26H30N2O3/c29-23-13-15-26(27-23,18-20-8-3-1-4-9-20)16-14-24(30)28-17-7-12-22(19-28)25(31)21-10-5-2-6-11-21/h1-6,8-11,22H,7,12-19H2,(H,27,29). The highest BCUT2D eigenvalue weighted by Crippen LogP contribution is 2.30. The van der Waals surface area contributed by atoms with Crippen molar-refractivity contribution >= 4 is 17.6 Å². The van der Waals surface area contributed by atoms with Crippen LogP contribution in [0.3, 0.4) is 0 Å². The van der Waals surface area contributed by atoms with Crippen LogP contribution in [0.5, 0.6) is 0 Å². The van der Waals surface area contributed by atoms with Crippen molar-refractivity contribution in [2.24, 2.45) is 5.92 Å². The lowest BCUT2D eigenvalue weighted by Crippen LogP contribution is -2.46. The Morgan fingerprint density at radius 3 is 2.42 bits per heavy atom. The highest BCUT2D eigenvalue weighted by atomic mass is 16.2. The van der Waals surface area contributed by atoms with Crippen molar-refractivity contribution in [3.05, 3.63) is 71.8 Å². The van der Waals surface area contributed by atoms with Crippen LogP contribution in [0.25, 0.3) is 0 Å². The van der Waals surface area contributed by atoms with Gasteiger partial charge in [-0.05, 0) is 37.7 Å². The summed E-state index contributed by atoms with van der Waals surface area (Å²) >= 11 is 0. The van der Waals surface area contributed by atoms with Gasteiger partial charge in [0.15, 0.2) is 5.78 Å². The fourth-order valence-electron chi connectivity index (χ4n) is 4.93. The summed E-state index contributed by atoms with van der Waals surface area (Å²) in [6.07, 6.45) is 4.69. The molecule has 2 atom stereocenters. The fourth-order valence-corrected chi connectivity index (χ4v) is 4.93. The molecule has 2 aliphatic rings. The van der Waals surface area contributed by atoms with Crippen molar-refractivity contribution in [2.75, 3.05) is 13.1 Å². The molecule has 2 aromatic carbocycles. The lowest BCUT2D eigenvalue weighted by atomic mass is 9.84. The van der Waals surface area contributed by atoms with Gasteiger partial charge in [0.1, 0.15) is 0 Å². The molecule has 0 aromatic heterocycles. The van der Waals surface area contributed by atoms with Crippen LogP contribution in [0.15, 0.2) is 60.7 Å². The topological polar surface area (TPSA) is 66.5 Å². The van der Waals surface area contributed by atoms with E-state index in [1.54, 1.807) is 0 Å². The highest BCUT2D eigenvalue weighted by molar-refractivity contribution is 5.98. The van der Waals surface area contributed by atoms with Gasteiger partial charge in [0.2, 0.25) is 11.8 Å². The number of carbonyl (C=O) groups is 3. The van der Waals surface area contributed by atoms with Crippen LogP contribution >= 0.6 is 0 Å². The number of hydrogen-bond acceptors (Lipinski definition) is 3. The van der Waals surface area contributed by atoms with Gasteiger partial charge in [0, 0.05) is 43.0 Å². The van der Waals surface area contributed by atoms with Crippen molar-refractivity contribution < 1.29 is 14.4 Å². The fraction of sp³-hybridized carbons (Fsp3) is 0.423. The first-order valence-electron chi connectivity index (χ1n) is 11.3. The molecule has 0 aliphatic carbocycles. The molecule has 2 aromatic rings. The Morgan fingerprint density at radius 2 is 1.74 bits per heavy atom. The predicted octanol–water partition coefficient (Wildman–Crippen LogP) is 3.78. The molecule has 2 amide bonds. The number of nitrogens with zero attached hydrogens (tertiary/aromatic N) is 1. The van der Waals surface area contributed by atoms with E-state index >= 15 is 0 Å². The Kier molecular flexibility index (Phi) is 6.50. The third-order valence-electron chi connectivity index (χ3n) is 6.64. The predicted molar refractivity (Wildman–Crippen MR) is 120 cm³/mol. The zero-order valence-corrected chi connectivity index (χ0v) is 17.9. The van der Waals surface area contributed by atoms with Crippen LogP contribution in [-0.2, 0) is 16.0 Å². The highest BCUT2D eigenvalue weighted by Gasteiger charge is 2.38. The molecular formula is C26H30N2O3. The summed E-state index contributed by atoms with van der Waals surface area (Å²) < 4.78 is 0. The van der Waals surface area contributed by atoms with E-state index in [9.17, 15) is 14.4 Å². The number of benzene rings is 2. The summed E-state index contributed by atoms with van der Waals surface area (Å²) in [4.78, 5) is 39.7. The van der Waals surface area contributed by atoms with E-state index in [2.05, 4.69) is 17.4 Å². The lowest BCUT2D eigenvalue weighted by molar-refractivity contribution is -0.133. The monoisotopic (exact) mass is 418 g/mol. The van der Waals surface area contributed by atoms with E-state index < -0.39 is 0 Å². The second kappa shape index (κ2) is 9.46. The number of piperidine rings is 1. The quantitative estimate of drug-likeness (QED) is 0.696. The first kappa shape index (κ1) is 21.3. The zero-order chi connectivity index (χ0) is 21.7. The third kappa shape index (κ3) is 5.22. The van der Waals surface area contributed by atoms with E-state index in [0.29, 0.717) is 32.4 Å². The molecule has 162 valence electrons. The third-order valence-corrected chi connectivity index (χ3v) is 6.64. The van der Waals surface area contributed by atoms with Crippen molar-refractivity contribution in [1.29, 1.82) is 0 Å². The minimum Gasteiger partial charge on any atom is -0.350 e. The minimum absolute atomic E-state index is 0.0647. The molecule has 2 heterocycles. The van der Waals surface area contributed by atoms with Crippen molar-refractivity contribution in [3.63, 3.8) is 0 Å².